The number of hydrogen-bond acceptors (Lipinski definition) is 4. The van der Waals surface area contributed by atoms with Crippen molar-refractivity contribution in [1.82, 2.24) is 4.57 Å². The molecule has 0 bridgehead atoms. The molecule has 0 saturated carbocycles. The second-order valence-corrected chi connectivity index (χ2v) is 7.14. The van der Waals surface area contributed by atoms with Crippen molar-refractivity contribution in [2.75, 3.05) is 0 Å². The zero-order chi connectivity index (χ0) is 20.4. The van der Waals surface area contributed by atoms with Crippen LogP contribution in [0.25, 0.3) is 17.3 Å². The summed E-state index contributed by atoms with van der Waals surface area (Å²) in [6.45, 7) is 3.67. The summed E-state index contributed by atoms with van der Waals surface area (Å²) in [6, 6.07) is 12.2. The van der Waals surface area contributed by atoms with Gasteiger partial charge in [0, 0.05) is 11.6 Å². The van der Waals surface area contributed by atoms with Gasteiger partial charge in [0.2, 0.25) is 0 Å². The lowest BCUT2D eigenvalue weighted by Gasteiger charge is -2.07. The number of benzene rings is 2. The molecule has 3 rings (SSSR count). The molecule has 1 aromatic heterocycles. The minimum absolute atomic E-state index is 0.0369. The summed E-state index contributed by atoms with van der Waals surface area (Å²) in [6.07, 6.45) is 1.29. The summed E-state index contributed by atoms with van der Waals surface area (Å²) in [7, 11) is 0. The van der Waals surface area contributed by atoms with Crippen molar-refractivity contribution >= 4 is 23.0 Å². The van der Waals surface area contributed by atoms with Crippen molar-refractivity contribution in [3.05, 3.63) is 84.3 Å². The van der Waals surface area contributed by atoms with Crippen molar-refractivity contribution in [2.24, 2.45) is 0 Å². The first-order valence-corrected chi connectivity index (χ1v) is 8.98. The van der Waals surface area contributed by atoms with Gasteiger partial charge in [-0.3, -0.25) is 9.36 Å². The van der Waals surface area contributed by atoms with E-state index in [0.29, 0.717) is 5.69 Å². The van der Waals surface area contributed by atoms with Crippen molar-refractivity contribution in [3.63, 3.8) is 0 Å². The number of halogens is 2. The van der Waals surface area contributed by atoms with Crippen molar-refractivity contribution < 1.29 is 8.78 Å². The average Bonchev–Trinajstić information content (AvgIpc) is 2.97. The first-order chi connectivity index (χ1) is 13.3. The number of aromatic nitrogens is 1. The Morgan fingerprint density at radius 1 is 1.11 bits per heavy atom. The Balaban J connectivity index is 2.45. The van der Waals surface area contributed by atoms with Gasteiger partial charge in [-0.1, -0.05) is 12.1 Å². The second-order valence-electron chi connectivity index (χ2n) is 6.11. The standard InChI is InChI=1S/C21H13F2N3OS/c1-12-3-4-13(2)18(7-12)26-20(27)19(28-21(26)15(10-24)11-25)8-14-5-6-16(22)9-17(14)23/h3-9H,1-2H3/b19-8+. The molecule has 2 aromatic carbocycles. The maximum atomic E-state index is 14.0. The molecule has 4 nitrogen and oxygen atoms in total. The minimum Gasteiger partial charge on any atom is -0.267 e. The highest BCUT2D eigenvalue weighted by Gasteiger charge is 2.14. The molecule has 0 N–H and O–H groups in total. The van der Waals surface area contributed by atoms with E-state index in [1.807, 2.05) is 26.0 Å². The molecule has 0 aliphatic heterocycles. The SMILES string of the molecule is Cc1ccc(C)c(-n2c(=C(C#N)C#N)s/c(=C/c3ccc(F)cc3F)c2=O)c1. The highest BCUT2D eigenvalue weighted by molar-refractivity contribution is 7.07. The minimum atomic E-state index is -0.808. The van der Waals surface area contributed by atoms with Crippen molar-refractivity contribution in [1.29, 1.82) is 10.5 Å². The van der Waals surface area contributed by atoms with Crippen LogP contribution in [0.3, 0.4) is 0 Å². The number of rotatable bonds is 2. The highest BCUT2D eigenvalue weighted by atomic mass is 32.1. The highest BCUT2D eigenvalue weighted by Crippen LogP contribution is 2.14. The average molecular weight is 393 g/mol. The number of nitriles is 2. The molecule has 0 aliphatic rings. The van der Waals surface area contributed by atoms with Gasteiger partial charge in [0.1, 0.15) is 28.4 Å². The van der Waals surface area contributed by atoms with Gasteiger partial charge in [-0.2, -0.15) is 10.5 Å². The largest absolute Gasteiger partial charge is 0.273 e. The lowest BCUT2D eigenvalue weighted by molar-refractivity contribution is 0.581. The third-order valence-electron chi connectivity index (χ3n) is 4.12. The number of thiazole rings is 1. The molecular weight excluding hydrogens is 380 g/mol. The summed E-state index contributed by atoms with van der Waals surface area (Å²) in [5, 5.41) is 18.6. The van der Waals surface area contributed by atoms with Crippen LogP contribution in [0.1, 0.15) is 16.7 Å². The van der Waals surface area contributed by atoms with E-state index in [1.165, 1.54) is 16.7 Å². The van der Waals surface area contributed by atoms with Crippen LogP contribution in [0.4, 0.5) is 8.78 Å². The monoisotopic (exact) mass is 393 g/mol. The van der Waals surface area contributed by atoms with Gasteiger partial charge in [-0.25, -0.2) is 8.78 Å². The zero-order valence-electron chi connectivity index (χ0n) is 15.0. The summed E-state index contributed by atoms with van der Waals surface area (Å²) in [5.41, 5.74) is 1.55. The summed E-state index contributed by atoms with van der Waals surface area (Å²) in [5.74, 6) is -1.53. The van der Waals surface area contributed by atoms with E-state index in [4.69, 9.17) is 0 Å². The van der Waals surface area contributed by atoms with Crippen LogP contribution in [-0.2, 0) is 0 Å². The smallest absolute Gasteiger partial charge is 0.267 e. The van der Waals surface area contributed by atoms with Gasteiger partial charge in [0.15, 0.2) is 5.57 Å². The van der Waals surface area contributed by atoms with Crippen LogP contribution in [0.2, 0.25) is 0 Å². The van der Waals surface area contributed by atoms with Gasteiger partial charge in [0.25, 0.3) is 5.56 Å². The van der Waals surface area contributed by atoms with Crippen molar-refractivity contribution in [3.8, 4) is 17.8 Å². The number of aryl methyl sites for hydroxylation is 2. The molecular formula is C21H13F2N3OS. The molecule has 138 valence electrons. The molecule has 0 spiro atoms. The normalized spacial score (nSPS) is 11.1. The fraction of sp³-hybridized carbons (Fsp3) is 0.0952. The topological polar surface area (TPSA) is 69.6 Å². The van der Waals surface area contributed by atoms with Crippen LogP contribution in [0.15, 0.2) is 41.2 Å². The quantitative estimate of drug-likeness (QED) is 0.672. The van der Waals surface area contributed by atoms with Crippen LogP contribution in [0.5, 0.6) is 0 Å². The van der Waals surface area contributed by atoms with Gasteiger partial charge < -0.3 is 0 Å². The van der Waals surface area contributed by atoms with E-state index >= 15 is 0 Å². The number of nitrogens with zero attached hydrogens (tertiary/aromatic N) is 3. The first-order valence-electron chi connectivity index (χ1n) is 8.16. The molecule has 0 aliphatic carbocycles. The van der Waals surface area contributed by atoms with E-state index in [9.17, 15) is 24.1 Å². The molecule has 0 radical (unpaired) electrons. The summed E-state index contributed by atoms with van der Waals surface area (Å²) >= 11 is 0.913. The van der Waals surface area contributed by atoms with E-state index in [2.05, 4.69) is 0 Å². The van der Waals surface area contributed by atoms with Crippen LogP contribution in [0, 0.1) is 48.1 Å². The molecule has 0 fully saturated rings. The van der Waals surface area contributed by atoms with Crippen molar-refractivity contribution in [2.45, 2.75) is 13.8 Å². The maximum Gasteiger partial charge on any atom is 0.273 e. The first kappa shape index (κ1) is 19.2. The lowest BCUT2D eigenvalue weighted by Crippen LogP contribution is -2.31. The van der Waals surface area contributed by atoms with Gasteiger partial charge in [-0.15, -0.1) is 11.3 Å². The Labute approximate surface area is 163 Å². The zero-order valence-corrected chi connectivity index (χ0v) is 15.8. The number of hydrogen-bond donors (Lipinski definition) is 0. The Bertz CT molecular complexity index is 1340. The van der Waals surface area contributed by atoms with Crippen LogP contribution in [-0.4, -0.2) is 4.57 Å². The Kier molecular flexibility index (Phi) is 5.21. The van der Waals surface area contributed by atoms with Gasteiger partial charge in [-0.05, 0) is 49.2 Å². The Morgan fingerprint density at radius 2 is 1.82 bits per heavy atom. The molecule has 0 unspecified atom stereocenters. The molecule has 1 heterocycles. The molecule has 0 saturated heterocycles. The third-order valence-corrected chi connectivity index (χ3v) is 5.21. The lowest BCUT2D eigenvalue weighted by atomic mass is 10.1. The second kappa shape index (κ2) is 7.59. The fourth-order valence-corrected chi connectivity index (χ4v) is 3.75. The molecule has 0 amide bonds. The van der Waals surface area contributed by atoms with E-state index in [1.54, 1.807) is 18.2 Å². The Morgan fingerprint density at radius 3 is 2.46 bits per heavy atom. The Hall–Kier alpha value is -3.55. The predicted molar refractivity (Wildman–Crippen MR) is 103 cm³/mol. The summed E-state index contributed by atoms with van der Waals surface area (Å²) < 4.78 is 28.8. The molecule has 0 atom stereocenters. The van der Waals surface area contributed by atoms with E-state index < -0.39 is 17.2 Å². The van der Waals surface area contributed by atoms with Gasteiger partial charge >= 0.3 is 0 Å². The third kappa shape index (κ3) is 3.48. The summed E-state index contributed by atoms with van der Waals surface area (Å²) in [4.78, 5) is 13.1. The molecule has 28 heavy (non-hydrogen) atoms. The molecule has 7 heteroatoms. The fourth-order valence-electron chi connectivity index (χ4n) is 2.71. The van der Waals surface area contributed by atoms with Crippen LogP contribution < -0.4 is 14.8 Å². The predicted octanol–water partition coefficient (Wildman–Crippen LogP) is 2.82. The van der Waals surface area contributed by atoms with Gasteiger partial charge in [0.05, 0.1) is 10.2 Å². The maximum absolute atomic E-state index is 14.0. The molecule has 3 aromatic rings. The van der Waals surface area contributed by atoms with E-state index in [0.717, 1.165) is 34.6 Å². The van der Waals surface area contributed by atoms with E-state index in [-0.39, 0.29) is 20.3 Å². The van der Waals surface area contributed by atoms with Crippen LogP contribution >= 0.6 is 11.3 Å².